The lowest BCUT2D eigenvalue weighted by Gasteiger charge is -2.26. The molecule has 3 N–H and O–H groups in total. The first-order valence-electron chi connectivity index (χ1n) is 7.19. The van der Waals surface area contributed by atoms with Gasteiger partial charge in [-0.25, -0.2) is 0 Å². The van der Waals surface area contributed by atoms with Crippen LogP contribution in [0.4, 0.5) is 0 Å². The van der Waals surface area contributed by atoms with Crippen molar-refractivity contribution in [3.63, 3.8) is 0 Å². The highest BCUT2D eigenvalue weighted by molar-refractivity contribution is 5.94. The number of nitrogens with one attached hydrogen (secondary N) is 1. The van der Waals surface area contributed by atoms with Crippen molar-refractivity contribution in [2.24, 2.45) is 5.73 Å². The van der Waals surface area contributed by atoms with Crippen LogP contribution in [0, 0.1) is 0 Å². The van der Waals surface area contributed by atoms with Crippen molar-refractivity contribution in [1.29, 1.82) is 0 Å². The second-order valence-electron chi connectivity index (χ2n) is 5.66. The Kier molecular flexibility index (Phi) is 4.90. The Labute approximate surface area is 119 Å². The van der Waals surface area contributed by atoms with E-state index < -0.39 is 0 Å². The molecular weight excluding hydrogens is 252 g/mol. The lowest BCUT2D eigenvalue weighted by atomic mass is 9.91. The number of benzene rings is 1. The van der Waals surface area contributed by atoms with Crippen LogP contribution in [0.25, 0.3) is 0 Å². The van der Waals surface area contributed by atoms with Crippen LogP contribution in [0.3, 0.4) is 0 Å². The predicted octanol–water partition coefficient (Wildman–Crippen LogP) is 1.82. The number of carbonyl (C=O) groups is 2. The molecule has 0 aliphatic heterocycles. The molecule has 0 heterocycles. The zero-order valence-corrected chi connectivity index (χ0v) is 11.9. The molecule has 1 aliphatic carbocycles. The summed E-state index contributed by atoms with van der Waals surface area (Å²) in [5, 5.41) is 3.06. The monoisotopic (exact) mass is 274 g/mol. The van der Waals surface area contributed by atoms with Gasteiger partial charge in [0.15, 0.2) is 0 Å². The Hall–Kier alpha value is -1.68. The van der Waals surface area contributed by atoms with E-state index in [1.807, 2.05) is 12.1 Å². The van der Waals surface area contributed by atoms with Gasteiger partial charge in [0.25, 0.3) is 5.91 Å². The SMILES string of the molecule is CC(=O)Cc1cccc(C(=O)NC2CCC(N)CC2)c1. The van der Waals surface area contributed by atoms with Gasteiger partial charge in [0.05, 0.1) is 0 Å². The average molecular weight is 274 g/mol. The van der Waals surface area contributed by atoms with Crippen molar-refractivity contribution < 1.29 is 9.59 Å². The van der Waals surface area contributed by atoms with Gasteiger partial charge >= 0.3 is 0 Å². The summed E-state index contributed by atoms with van der Waals surface area (Å²) in [6.45, 7) is 1.55. The third-order valence-corrected chi connectivity index (χ3v) is 3.75. The Balaban J connectivity index is 1.96. The van der Waals surface area contributed by atoms with E-state index >= 15 is 0 Å². The summed E-state index contributed by atoms with van der Waals surface area (Å²) in [7, 11) is 0. The summed E-state index contributed by atoms with van der Waals surface area (Å²) in [4.78, 5) is 23.3. The van der Waals surface area contributed by atoms with Crippen LogP contribution in [0.2, 0.25) is 0 Å². The molecule has 4 heteroatoms. The van der Waals surface area contributed by atoms with E-state index in [0.29, 0.717) is 12.0 Å². The summed E-state index contributed by atoms with van der Waals surface area (Å²) < 4.78 is 0. The second-order valence-corrected chi connectivity index (χ2v) is 5.66. The first kappa shape index (κ1) is 14.7. The predicted molar refractivity (Wildman–Crippen MR) is 78.5 cm³/mol. The van der Waals surface area contributed by atoms with E-state index in [-0.39, 0.29) is 23.8 Å². The van der Waals surface area contributed by atoms with Gasteiger partial charge in [-0.2, -0.15) is 0 Å². The second kappa shape index (κ2) is 6.66. The van der Waals surface area contributed by atoms with E-state index in [1.165, 1.54) is 0 Å². The van der Waals surface area contributed by atoms with Crippen molar-refractivity contribution in [1.82, 2.24) is 5.32 Å². The van der Waals surface area contributed by atoms with E-state index in [2.05, 4.69) is 5.32 Å². The fraction of sp³-hybridized carbons (Fsp3) is 0.500. The molecule has 20 heavy (non-hydrogen) atoms. The number of hydrogen-bond donors (Lipinski definition) is 2. The number of Topliss-reactive ketones (excluding diaryl/α,β-unsaturated/α-hetero) is 1. The molecule has 0 spiro atoms. The lowest BCUT2D eigenvalue weighted by molar-refractivity contribution is -0.116. The van der Waals surface area contributed by atoms with E-state index in [9.17, 15) is 9.59 Å². The van der Waals surface area contributed by atoms with Crippen molar-refractivity contribution in [3.05, 3.63) is 35.4 Å². The third-order valence-electron chi connectivity index (χ3n) is 3.75. The maximum atomic E-state index is 12.2. The summed E-state index contributed by atoms with van der Waals surface area (Å²) in [5.74, 6) is 0.0414. The molecule has 108 valence electrons. The average Bonchev–Trinajstić information content (AvgIpc) is 2.41. The van der Waals surface area contributed by atoms with Gasteiger partial charge in [-0.15, -0.1) is 0 Å². The fourth-order valence-electron chi connectivity index (χ4n) is 2.64. The maximum Gasteiger partial charge on any atom is 0.251 e. The molecule has 2 rings (SSSR count). The Bertz CT molecular complexity index is 491. The molecule has 0 saturated heterocycles. The smallest absolute Gasteiger partial charge is 0.251 e. The van der Waals surface area contributed by atoms with Crippen LogP contribution >= 0.6 is 0 Å². The molecule has 0 unspecified atom stereocenters. The van der Waals surface area contributed by atoms with Gasteiger partial charge in [0.2, 0.25) is 0 Å². The number of nitrogens with two attached hydrogens (primary N) is 1. The van der Waals surface area contributed by atoms with Crippen molar-refractivity contribution >= 4 is 11.7 Å². The minimum Gasteiger partial charge on any atom is -0.349 e. The highest BCUT2D eigenvalue weighted by Crippen LogP contribution is 2.17. The van der Waals surface area contributed by atoms with Crippen LogP contribution in [0.15, 0.2) is 24.3 Å². The summed E-state index contributed by atoms with van der Waals surface area (Å²) in [6.07, 6.45) is 4.20. The maximum absolute atomic E-state index is 12.2. The normalized spacial score (nSPS) is 22.3. The Morgan fingerprint density at radius 3 is 2.60 bits per heavy atom. The Morgan fingerprint density at radius 2 is 1.95 bits per heavy atom. The molecule has 1 aromatic carbocycles. The number of amides is 1. The number of rotatable bonds is 4. The van der Waals surface area contributed by atoms with Gasteiger partial charge in [-0.05, 0) is 50.3 Å². The largest absolute Gasteiger partial charge is 0.349 e. The molecule has 4 nitrogen and oxygen atoms in total. The molecule has 1 amide bonds. The highest BCUT2D eigenvalue weighted by Gasteiger charge is 2.20. The first-order chi connectivity index (χ1) is 9.54. The molecule has 0 atom stereocenters. The van der Waals surface area contributed by atoms with E-state index in [0.717, 1.165) is 31.2 Å². The van der Waals surface area contributed by atoms with Crippen LogP contribution in [-0.4, -0.2) is 23.8 Å². The standard InChI is InChI=1S/C16H22N2O2/c1-11(19)9-12-3-2-4-13(10-12)16(20)18-15-7-5-14(17)6-8-15/h2-4,10,14-15H,5-9,17H2,1H3,(H,18,20). The first-order valence-corrected chi connectivity index (χ1v) is 7.19. The highest BCUT2D eigenvalue weighted by atomic mass is 16.1. The van der Waals surface area contributed by atoms with Gasteiger partial charge in [-0.3, -0.25) is 9.59 Å². The van der Waals surface area contributed by atoms with Crippen molar-refractivity contribution in [2.75, 3.05) is 0 Å². The summed E-state index contributed by atoms with van der Waals surface area (Å²) >= 11 is 0. The minimum absolute atomic E-state index is 0.0594. The number of carbonyl (C=O) groups excluding carboxylic acids is 2. The molecule has 1 aliphatic rings. The zero-order chi connectivity index (χ0) is 14.5. The van der Waals surface area contributed by atoms with Crippen molar-refractivity contribution in [2.45, 2.75) is 51.1 Å². The quantitative estimate of drug-likeness (QED) is 0.879. The van der Waals surface area contributed by atoms with Crippen LogP contribution in [0.1, 0.15) is 48.5 Å². The molecule has 0 radical (unpaired) electrons. The molecule has 0 aromatic heterocycles. The molecule has 1 saturated carbocycles. The fourth-order valence-corrected chi connectivity index (χ4v) is 2.64. The third kappa shape index (κ3) is 4.17. The molecular formula is C16H22N2O2. The van der Waals surface area contributed by atoms with Crippen molar-refractivity contribution in [3.8, 4) is 0 Å². The van der Waals surface area contributed by atoms with Gasteiger partial charge in [0.1, 0.15) is 5.78 Å². The van der Waals surface area contributed by atoms with E-state index in [1.54, 1.807) is 19.1 Å². The summed E-state index contributed by atoms with van der Waals surface area (Å²) in [5.41, 5.74) is 7.37. The number of ketones is 1. The Morgan fingerprint density at radius 1 is 1.25 bits per heavy atom. The van der Waals surface area contributed by atoms with Crippen LogP contribution in [0.5, 0.6) is 0 Å². The van der Waals surface area contributed by atoms with Crippen LogP contribution < -0.4 is 11.1 Å². The van der Waals surface area contributed by atoms with Gasteiger partial charge in [0, 0.05) is 24.1 Å². The van der Waals surface area contributed by atoms with Gasteiger partial charge < -0.3 is 11.1 Å². The zero-order valence-electron chi connectivity index (χ0n) is 11.9. The number of hydrogen-bond acceptors (Lipinski definition) is 3. The molecule has 1 aromatic rings. The van der Waals surface area contributed by atoms with Gasteiger partial charge in [-0.1, -0.05) is 12.1 Å². The molecule has 1 fully saturated rings. The minimum atomic E-state index is -0.0594. The van der Waals surface area contributed by atoms with E-state index in [4.69, 9.17) is 5.73 Å². The van der Waals surface area contributed by atoms with Crippen LogP contribution in [-0.2, 0) is 11.2 Å². The summed E-state index contributed by atoms with van der Waals surface area (Å²) in [6, 6.07) is 7.78. The lowest BCUT2D eigenvalue weighted by Crippen LogP contribution is -2.40. The topological polar surface area (TPSA) is 72.2 Å². The molecule has 0 bridgehead atoms.